The van der Waals surface area contributed by atoms with Gasteiger partial charge in [0.15, 0.2) is 0 Å². The van der Waals surface area contributed by atoms with Crippen LogP contribution in [-0.4, -0.2) is 12.7 Å². The molecule has 3 N–H and O–H groups in total. The molecule has 0 aliphatic carbocycles. The van der Waals surface area contributed by atoms with Gasteiger partial charge in [-0.2, -0.15) is 0 Å². The van der Waals surface area contributed by atoms with Crippen LogP contribution in [0.25, 0.3) is 0 Å². The second-order valence-electron chi connectivity index (χ2n) is 1.14. The standard InChI is InChI=1S/C3H6O.ClH.H3N/c1-3-2-4-3;;/h3H,2H2,1H3;1H;1H3. The zero-order valence-electron chi connectivity index (χ0n) is 3.81. The number of halogens is 1. The summed E-state index contributed by atoms with van der Waals surface area (Å²) in [6.07, 6.45) is 0.583. The summed E-state index contributed by atoms with van der Waals surface area (Å²) in [4.78, 5) is 0. The normalized spacial score (nSPS) is 26.5. The molecule has 0 amide bonds. The number of ether oxygens (including phenoxy) is 1. The number of hydrogen-bond donors (Lipinski definition) is 1. The number of epoxide rings is 1. The topological polar surface area (TPSA) is 47.5 Å². The fourth-order valence-corrected chi connectivity index (χ4v) is 0.0962. The first-order valence-corrected chi connectivity index (χ1v) is 1.51. The Hall–Kier alpha value is 0.210. The van der Waals surface area contributed by atoms with Crippen LogP contribution in [0.4, 0.5) is 0 Å². The van der Waals surface area contributed by atoms with Crippen LogP contribution in [0.1, 0.15) is 6.92 Å². The van der Waals surface area contributed by atoms with Crippen molar-refractivity contribution in [3.05, 3.63) is 0 Å². The number of rotatable bonds is 0. The summed E-state index contributed by atoms with van der Waals surface area (Å²) < 4.78 is 4.71. The van der Waals surface area contributed by atoms with Gasteiger partial charge in [-0.05, 0) is 6.92 Å². The minimum atomic E-state index is 0. The molecule has 0 bridgehead atoms. The van der Waals surface area contributed by atoms with Gasteiger partial charge in [0.1, 0.15) is 0 Å². The van der Waals surface area contributed by atoms with E-state index in [-0.39, 0.29) is 18.6 Å². The maximum Gasteiger partial charge on any atom is 0.0781 e. The van der Waals surface area contributed by atoms with Gasteiger partial charge in [-0.3, -0.25) is 0 Å². The van der Waals surface area contributed by atoms with Gasteiger partial charge in [-0.15, -0.1) is 12.4 Å². The molecule has 1 aliphatic heterocycles. The van der Waals surface area contributed by atoms with E-state index in [1.165, 1.54) is 0 Å². The molecule has 0 saturated carbocycles. The van der Waals surface area contributed by atoms with Crippen molar-refractivity contribution >= 4 is 12.4 Å². The van der Waals surface area contributed by atoms with Gasteiger partial charge >= 0.3 is 0 Å². The van der Waals surface area contributed by atoms with Crippen molar-refractivity contribution in [1.82, 2.24) is 6.15 Å². The lowest BCUT2D eigenvalue weighted by molar-refractivity contribution is 0.423. The highest BCUT2D eigenvalue weighted by Gasteiger charge is 2.13. The Morgan fingerprint density at radius 2 is 1.83 bits per heavy atom. The molecular formula is C3H10ClNO. The van der Waals surface area contributed by atoms with Gasteiger partial charge in [-0.25, -0.2) is 0 Å². The van der Waals surface area contributed by atoms with Crippen molar-refractivity contribution in [2.75, 3.05) is 6.61 Å². The zero-order chi connectivity index (χ0) is 2.99. The molecular weight excluding hydrogens is 101 g/mol. The van der Waals surface area contributed by atoms with E-state index in [1.807, 2.05) is 0 Å². The molecule has 0 aromatic heterocycles. The Kier molecular flexibility index (Phi) is 5.39. The molecule has 1 fully saturated rings. The molecule has 2 nitrogen and oxygen atoms in total. The van der Waals surface area contributed by atoms with E-state index in [4.69, 9.17) is 4.74 Å². The van der Waals surface area contributed by atoms with E-state index in [2.05, 4.69) is 6.92 Å². The molecule has 0 spiro atoms. The molecule has 1 unspecified atom stereocenters. The van der Waals surface area contributed by atoms with Crippen LogP contribution >= 0.6 is 12.4 Å². The van der Waals surface area contributed by atoms with Crippen molar-refractivity contribution in [1.29, 1.82) is 0 Å². The minimum absolute atomic E-state index is 0. The van der Waals surface area contributed by atoms with Crippen molar-refractivity contribution in [2.45, 2.75) is 13.0 Å². The average molecular weight is 112 g/mol. The monoisotopic (exact) mass is 111 g/mol. The average Bonchev–Trinajstić information content (AvgIpc) is 1.75. The lowest BCUT2D eigenvalue weighted by Crippen LogP contribution is -1.60. The smallest absolute Gasteiger partial charge is 0.0781 e. The summed E-state index contributed by atoms with van der Waals surface area (Å²) >= 11 is 0. The molecule has 1 aliphatic rings. The van der Waals surface area contributed by atoms with Crippen molar-refractivity contribution in [2.24, 2.45) is 0 Å². The van der Waals surface area contributed by atoms with Crippen LogP contribution in [0, 0.1) is 0 Å². The van der Waals surface area contributed by atoms with E-state index >= 15 is 0 Å². The van der Waals surface area contributed by atoms with Crippen LogP contribution in [0.3, 0.4) is 0 Å². The SMILES string of the molecule is CC1CO1.Cl.N. The lowest BCUT2D eigenvalue weighted by atomic mass is 10.6. The van der Waals surface area contributed by atoms with Crippen molar-refractivity contribution in [3.8, 4) is 0 Å². The first-order chi connectivity index (χ1) is 1.89. The first-order valence-electron chi connectivity index (χ1n) is 1.51. The molecule has 3 heteroatoms. The molecule has 6 heavy (non-hydrogen) atoms. The number of hydrogen-bond acceptors (Lipinski definition) is 2. The minimum Gasteiger partial charge on any atom is -0.373 e. The maximum atomic E-state index is 4.71. The predicted octanol–water partition coefficient (Wildman–Crippen LogP) is 0.989. The Labute approximate surface area is 43.9 Å². The van der Waals surface area contributed by atoms with Gasteiger partial charge in [0.05, 0.1) is 12.7 Å². The third-order valence-electron chi connectivity index (χ3n) is 0.500. The highest BCUT2D eigenvalue weighted by atomic mass is 35.5. The first kappa shape index (κ1) is 9.51. The summed E-state index contributed by atoms with van der Waals surface area (Å²) in [6.45, 7) is 3.04. The molecule has 0 aromatic rings. The Morgan fingerprint density at radius 1 is 1.67 bits per heavy atom. The van der Waals surface area contributed by atoms with Gasteiger partial charge < -0.3 is 10.9 Å². The van der Waals surface area contributed by atoms with Crippen LogP contribution in [0.15, 0.2) is 0 Å². The van der Waals surface area contributed by atoms with E-state index in [0.717, 1.165) is 6.61 Å². The van der Waals surface area contributed by atoms with E-state index in [9.17, 15) is 0 Å². The van der Waals surface area contributed by atoms with Crippen molar-refractivity contribution < 1.29 is 4.74 Å². The van der Waals surface area contributed by atoms with E-state index in [0.29, 0.717) is 6.10 Å². The second kappa shape index (κ2) is 3.40. The van der Waals surface area contributed by atoms with Crippen LogP contribution in [-0.2, 0) is 4.74 Å². The highest BCUT2D eigenvalue weighted by Crippen LogP contribution is 2.04. The van der Waals surface area contributed by atoms with E-state index in [1.54, 1.807) is 0 Å². The van der Waals surface area contributed by atoms with Gasteiger partial charge in [0.25, 0.3) is 0 Å². The molecule has 1 heterocycles. The molecule has 40 valence electrons. The second-order valence-corrected chi connectivity index (χ2v) is 1.14. The summed E-state index contributed by atoms with van der Waals surface area (Å²) in [6, 6.07) is 0. The third kappa shape index (κ3) is 4.21. The maximum absolute atomic E-state index is 4.71. The zero-order valence-corrected chi connectivity index (χ0v) is 4.62. The van der Waals surface area contributed by atoms with E-state index < -0.39 is 0 Å². The van der Waals surface area contributed by atoms with Crippen molar-refractivity contribution in [3.63, 3.8) is 0 Å². The largest absolute Gasteiger partial charge is 0.373 e. The molecule has 0 aromatic carbocycles. The van der Waals surface area contributed by atoms with Crippen LogP contribution < -0.4 is 6.15 Å². The Bertz CT molecular complexity index is 30.0. The van der Waals surface area contributed by atoms with Gasteiger partial charge in [0.2, 0.25) is 0 Å². The Balaban J connectivity index is 0. The molecule has 0 radical (unpaired) electrons. The van der Waals surface area contributed by atoms with Crippen LogP contribution in [0.2, 0.25) is 0 Å². The Morgan fingerprint density at radius 3 is 1.83 bits per heavy atom. The fraction of sp³-hybridized carbons (Fsp3) is 1.00. The van der Waals surface area contributed by atoms with Gasteiger partial charge in [0, 0.05) is 0 Å². The summed E-state index contributed by atoms with van der Waals surface area (Å²) in [5.41, 5.74) is 0. The third-order valence-corrected chi connectivity index (χ3v) is 0.500. The summed E-state index contributed by atoms with van der Waals surface area (Å²) in [5.74, 6) is 0. The fourth-order valence-electron chi connectivity index (χ4n) is 0.0962. The highest BCUT2D eigenvalue weighted by molar-refractivity contribution is 5.85. The van der Waals surface area contributed by atoms with Crippen LogP contribution in [0.5, 0.6) is 0 Å². The summed E-state index contributed by atoms with van der Waals surface area (Å²) in [5, 5.41) is 0. The summed E-state index contributed by atoms with van der Waals surface area (Å²) in [7, 11) is 0. The predicted molar refractivity (Wildman–Crippen MR) is 27.7 cm³/mol. The molecule has 1 saturated heterocycles. The van der Waals surface area contributed by atoms with Gasteiger partial charge in [-0.1, -0.05) is 0 Å². The quantitative estimate of drug-likeness (QED) is 0.474. The molecule has 1 atom stereocenters. The molecule has 1 rings (SSSR count). The lowest BCUT2D eigenvalue weighted by Gasteiger charge is -1.50.